The van der Waals surface area contributed by atoms with Crippen LogP contribution in [0.3, 0.4) is 0 Å². The van der Waals surface area contributed by atoms with Gasteiger partial charge in [0.1, 0.15) is 5.75 Å². The molecule has 1 aliphatic rings. The number of ketones is 1. The first-order valence-corrected chi connectivity index (χ1v) is 11.3. The Hall–Kier alpha value is -3.76. The van der Waals surface area contributed by atoms with E-state index in [0.717, 1.165) is 20.3 Å². The number of benzene rings is 3. The maximum atomic E-state index is 14.2. The first-order chi connectivity index (χ1) is 16.1. The number of rotatable bonds is 4. The molecule has 0 unspecified atom stereocenters. The van der Waals surface area contributed by atoms with Crippen molar-refractivity contribution >= 4 is 55.0 Å². The molecular weight excluding hydrogens is 509 g/mol. The summed E-state index contributed by atoms with van der Waals surface area (Å²) in [5.74, 6) is 0.199. The summed E-state index contributed by atoms with van der Waals surface area (Å²) >= 11 is 4.89. The number of para-hydroxylation sites is 1. The molecule has 160 valence electrons. The fourth-order valence-electron chi connectivity index (χ4n) is 3.78. The number of carbonyl (C=O) groups excluding carboxylic acids is 1. The third kappa shape index (κ3) is 3.35. The topological polar surface area (TPSA) is 89.9 Å². The van der Waals surface area contributed by atoms with Crippen LogP contribution in [-0.4, -0.2) is 25.1 Å². The summed E-state index contributed by atoms with van der Waals surface area (Å²) in [6.07, 6.45) is -1.01. The summed E-state index contributed by atoms with van der Waals surface area (Å²) in [5, 5.41) is 3.80. The molecule has 3 aromatic carbocycles. The lowest BCUT2D eigenvalue weighted by atomic mass is 9.86. The van der Waals surface area contributed by atoms with Crippen molar-refractivity contribution in [3.8, 4) is 23.0 Å². The fraction of sp³-hybridized carbons (Fsp3) is 0. The highest BCUT2D eigenvalue weighted by molar-refractivity contribution is 9.10. The van der Waals surface area contributed by atoms with Crippen molar-refractivity contribution in [2.75, 3.05) is 5.32 Å². The van der Waals surface area contributed by atoms with Crippen LogP contribution in [0.1, 0.15) is 15.9 Å². The largest absolute Gasteiger partial charge is 0.424 e. The van der Waals surface area contributed by atoms with E-state index in [1.54, 1.807) is 42.5 Å². The summed E-state index contributed by atoms with van der Waals surface area (Å²) in [7, 11) is 0. The highest BCUT2D eigenvalue weighted by Gasteiger charge is 2.31. The third-order valence-corrected chi connectivity index (χ3v) is 6.62. The first kappa shape index (κ1) is 19.9. The third-order valence-electron chi connectivity index (χ3n) is 5.15. The molecule has 0 bridgehead atoms. The van der Waals surface area contributed by atoms with Gasteiger partial charge in [-0.1, -0.05) is 46.3 Å². The Morgan fingerprint density at radius 3 is 2.64 bits per heavy atom. The molecule has 6 rings (SSSR count). The van der Waals surface area contributed by atoms with Crippen LogP contribution in [-0.2, 0) is 0 Å². The predicted molar refractivity (Wildman–Crippen MR) is 126 cm³/mol. The Morgan fingerprint density at radius 2 is 1.79 bits per heavy atom. The molecule has 2 heterocycles. The van der Waals surface area contributed by atoms with E-state index in [9.17, 15) is 9.18 Å². The molecule has 0 radical (unpaired) electrons. The number of halogens is 2. The number of fused-ring (bicyclic) bond motifs is 2. The lowest BCUT2D eigenvalue weighted by Crippen LogP contribution is -2.13. The van der Waals surface area contributed by atoms with Crippen molar-refractivity contribution in [1.82, 2.24) is 19.3 Å². The second-order valence-electron chi connectivity index (χ2n) is 7.13. The molecule has 2 aromatic heterocycles. The maximum absolute atomic E-state index is 14.2. The molecule has 0 amide bonds. The van der Waals surface area contributed by atoms with Gasteiger partial charge in [0.05, 0.1) is 21.6 Å². The second kappa shape index (κ2) is 7.68. The van der Waals surface area contributed by atoms with Crippen LogP contribution in [0.15, 0.2) is 65.1 Å². The van der Waals surface area contributed by atoms with E-state index in [4.69, 9.17) is 4.74 Å². The molecule has 5 aromatic rings. The normalized spacial score (nSPS) is 12.0. The molecule has 10 heteroatoms. The molecule has 0 fully saturated rings. The molecule has 0 saturated carbocycles. The number of nitrogens with zero attached hydrogens (tertiary/aromatic N) is 4. The zero-order valence-electron chi connectivity index (χ0n) is 16.5. The molecule has 0 spiro atoms. The molecule has 0 atom stereocenters. The van der Waals surface area contributed by atoms with Gasteiger partial charge in [-0.2, -0.15) is 18.7 Å². The Balaban J connectivity index is 1.44. The summed E-state index contributed by atoms with van der Waals surface area (Å²) in [6, 6.07) is 17.6. The fourth-order valence-corrected chi connectivity index (χ4v) is 5.11. The molecular formula is C23H11BrFN5O2S. The molecule has 33 heavy (non-hydrogen) atoms. The number of nitrogens with one attached hydrogen (secondary N) is 1. The molecule has 0 aliphatic heterocycles. The Bertz CT molecular complexity index is 1570. The van der Waals surface area contributed by atoms with Gasteiger partial charge in [0.2, 0.25) is 5.95 Å². The van der Waals surface area contributed by atoms with Gasteiger partial charge in [-0.25, -0.2) is 0 Å². The average molecular weight is 520 g/mol. The van der Waals surface area contributed by atoms with Crippen molar-refractivity contribution < 1.29 is 13.9 Å². The monoisotopic (exact) mass is 519 g/mol. The Kier molecular flexibility index (Phi) is 4.63. The standard InChI is InChI=1S/C23H11BrFN5O2S/c24-13-9-10-14(18-17(13)19-16-12(20(18)31)7-4-8-15(16)33-30-19)26-22-27-21(25)28-23(29-22)32-11-5-2-1-3-6-11/h1-10H,(H,26,27,28,29). The van der Waals surface area contributed by atoms with Gasteiger partial charge in [-0.15, -0.1) is 4.98 Å². The van der Waals surface area contributed by atoms with Gasteiger partial charge in [-0.3, -0.25) is 4.79 Å². The van der Waals surface area contributed by atoms with Crippen LogP contribution < -0.4 is 10.1 Å². The zero-order chi connectivity index (χ0) is 22.5. The lowest BCUT2D eigenvalue weighted by molar-refractivity contribution is 0.104. The number of ether oxygens (including phenoxy) is 1. The molecule has 1 aliphatic carbocycles. The number of hydrogen-bond acceptors (Lipinski definition) is 8. The van der Waals surface area contributed by atoms with E-state index in [-0.39, 0.29) is 17.7 Å². The SMILES string of the molecule is O=C1c2c(Nc3nc(F)nc(Oc4ccccc4)n3)ccc(Br)c2-c2nsc3cccc1c23. The van der Waals surface area contributed by atoms with E-state index in [0.29, 0.717) is 28.1 Å². The number of aromatic nitrogens is 4. The highest BCUT2D eigenvalue weighted by atomic mass is 79.9. The van der Waals surface area contributed by atoms with Gasteiger partial charge in [-0.05, 0) is 41.9 Å². The predicted octanol–water partition coefficient (Wildman–Crippen LogP) is 6.13. The second-order valence-corrected chi connectivity index (χ2v) is 8.79. The van der Waals surface area contributed by atoms with Crippen molar-refractivity contribution in [3.63, 3.8) is 0 Å². The van der Waals surface area contributed by atoms with Crippen LogP contribution in [0, 0.1) is 6.08 Å². The van der Waals surface area contributed by atoms with Gasteiger partial charge in [0.15, 0.2) is 5.78 Å². The summed E-state index contributed by atoms with van der Waals surface area (Å²) in [5.41, 5.74) is 2.79. The number of carbonyl (C=O) groups is 1. The molecule has 7 nitrogen and oxygen atoms in total. The summed E-state index contributed by atoms with van der Waals surface area (Å²) in [6.45, 7) is 0. The minimum Gasteiger partial charge on any atom is -0.424 e. The highest BCUT2D eigenvalue weighted by Crippen LogP contribution is 2.46. The van der Waals surface area contributed by atoms with Crippen molar-refractivity contribution in [3.05, 3.63) is 82.3 Å². The quantitative estimate of drug-likeness (QED) is 0.299. The van der Waals surface area contributed by atoms with Crippen LogP contribution in [0.2, 0.25) is 0 Å². The van der Waals surface area contributed by atoms with Gasteiger partial charge >= 0.3 is 12.1 Å². The number of anilines is 2. The smallest absolute Gasteiger partial charge is 0.329 e. The van der Waals surface area contributed by atoms with Crippen LogP contribution in [0.25, 0.3) is 21.3 Å². The number of hydrogen-bond donors (Lipinski definition) is 1. The van der Waals surface area contributed by atoms with E-state index in [1.165, 1.54) is 11.5 Å². The van der Waals surface area contributed by atoms with Crippen LogP contribution in [0.5, 0.6) is 11.8 Å². The van der Waals surface area contributed by atoms with Crippen molar-refractivity contribution in [2.45, 2.75) is 0 Å². The van der Waals surface area contributed by atoms with E-state index in [1.807, 2.05) is 18.2 Å². The van der Waals surface area contributed by atoms with E-state index in [2.05, 4.69) is 40.6 Å². The minimum atomic E-state index is -1.01. The van der Waals surface area contributed by atoms with Gasteiger partial charge in [0.25, 0.3) is 0 Å². The summed E-state index contributed by atoms with van der Waals surface area (Å²) < 4.78 is 26.0. The first-order valence-electron chi connectivity index (χ1n) is 9.76. The lowest BCUT2D eigenvalue weighted by Gasteiger charge is -2.20. The minimum absolute atomic E-state index is 0.0898. The Morgan fingerprint density at radius 1 is 0.939 bits per heavy atom. The van der Waals surface area contributed by atoms with E-state index < -0.39 is 6.08 Å². The molecule has 1 N–H and O–H groups in total. The van der Waals surface area contributed by atoms with Gasteiger partial charge < -0.3 is 10.1 Å². The van der Waals surface area contributed by atoms with Crippen LogP contribution in [0.4, 0.5) is 16.0 Å². The van der Waals surface area contributed by atoms with E-state index >= 15 is 0 Å². The Labute approximate surface area is 198 Å². The maximum Gasteiger partial charge on any atom is 0.329 e. The van der Waals surface area contributed by atoms with Crippen LogP contribution >= 0.6 is 27.5 Å². The average Bonchev–Trinajstić information content (AvgIpc) is 3.24. The zero-order valence-corrected chi connectivity index (χ0v) is 18.9. The molecule has 0 saturated heterocycles. The van der Waals surface area contributed by atoms with Gasteiger partial charge in [0, 0.05) is 21.0 Å². The van der Waals surface area contributed by atoms with Crippen molar-refractivity contribution in [2.24, 2.45) is 0 Å². The summed E-state index contributed by atoms with van der Waals surface area (Å²) in [4.78, 5) is 25.0. The van der Waals surface area contributed by atoms with Crippen molar-refractivity contribution in [1.29, 1.82) is 0 Å².